The first-order chi connectivity index (χ1) is 20.9. The second-order valence-electron chi connectivity index (χ2n) is 18.4. The van der Waals surface area contributed by atoms with Gasteiger partial charge in [-0.2, -0.15) is 4.67 Å². The molecule has 0 radical (unpaired) electrons. The quantitative estimate of drug-likeness (QED) is 0.143. The number of esters is 3. The van der Waals surface area contributed by atoms with E-state index in [9.17, 15) is 14.4 Å². The Balaban J connectivity index is 2.52. The molecule has 14 heteroatoms. The molecule has 0 aromatic heterocycles. The molecule has 3 fully saturated rings. The Labute approximate surface area is 282 Å². The number of nitrogens with zero attached hydrogens (tertiary/aromatic N) is 1. The fourth-order valence-electron chi connectivity index (χ4n) is 10.6. The zero-order chi connectivity index (χ0) is 36.5. The molecule has 3 heterocycles. The molecule has 1 unspecified atom stereocenters. The summed E-state index contributed by atoms with van der Waals surface area (Å²) in [6.45, 7) is 23.4. The smallest absolute Gasteiger partial charge is 0.326 e. The molecule has 1 atom stereocenters. The lowest BCUT2D eigenvalue weighted by Gasteiger charge is -2.63. The molecule has 47 heavy (non-hydrogen) atoms. The van der Waals surface area contributed by atoms with Crippen LogP contribution in [0.15, 0.2) is 0 Å². The standard InChI is InChI=1S/C33H63N6O7P/c1-25(2)16-31(22(40)44-13,17-26(3,4)35-25)38-47(34,43)39(32(23(41)45-14)18-27(5,6)36-28(7,8)19-32)33(24(42)46-15)20-29(9,10)37-30(11,12)21-33/h35-37H,16-21H2,1-15H3,(H3,34,38,43). The van der Waals surface area contributed by atoms with Crippen molar-refractivity contribution in [3.05, 3.63) is 0 Å². The molecule has 0 spiro atoms. The maximum absolute atomic E-state index is 16.0. The van der Waals surface area contributed by atoms with E-state index in [1.54, 1.807) is 0 Å². The molecular formula is C33H63N6O7P. The first-order valence-corrected chi connectivity index (χ1v) is 18.2. The molecule has 0 aliphatic carbocycles. The van der Waals surface area contributed by atoms with Crippen molar-refractivity contribution >= 4 is 25.5 Å². The lowest BCUT2D eigenvalue weighted by molar-refractivity contribution is -0.177. The van der Waals surface area contributed by atoms with Gasteiger partial charge in [0.1, 0.15) is 16.6 Å². The number of piperidine rings is 3. The van der Waals surface area contributed by atoms with Gasteiger partial charge in [0.15, 0.2) is 0 Å². The van der Waals surface area contributed by atoms with Crippen molar-refractivity contribution in [3.63, 3.8) is 0 Å². The number of carbonyl (C=O) groups is 3. The highest BCUT2D eigenvalue weighted by Gasteiger charge is 2.70. The van der Waals surface area contributed by atoms with Crippen LogP contribution in [0.4, 0.5) is 0 Å². The summed E-state index contributed by atoms with van der Waals surface area (Å²) >= 11 is 0. The molecular weight excluding hydrogens is 623 g/mol. The number of methoxy groups -OCH3 is 3. The summed E-state index contributed by atoms with van der Waals surface area (Å²) in [4.78, 5) is 43.1. The van der Waals surface area contributed by atoms with Crippen molar-refractivity contribution in [3.8, 4) is 0 Å². The fraction of sp³-hybridized carbons (Fsp3) is 0.909. The highest BCUT2D eigenvalue weighted by Crippen LogP contribution is 2.61. The molecule has 0 amide bonds. The average molecular weight is 687 g/mol. The number of hydrogen-bond acceptors (Lipinski definition) is 10. The van der Waals surface area contributed by atoms with Crippen LogP contribution in [0.2, 0.25) is 0 Å². The Bertz CT molecular complexity index is 1200. The highest BCUT2D eigenvalue weighted by molar-refractivity contribution is 7.57. The number of carbonyl (C=O) groups excluding carboxylic acids is 3. The van der Waals surface area contributed by atoms with Gasteiger partial charge in [0.2, 0.25) is 0 Å². The Hall–Kier alpha value is -1.60. The van der Waals surface area contributed by atoms with Crippen LogP contribution in [0.25, 0.3) is 0 Å². The Morgan fingerprint density at radius 1 is 0.553 bits per heavy atom. The third-order valence-corrected chi connectivity index (χ3v) is 11.8. The van der Waals surface area contributed by atoms with Crippen molar-refractivity contribution in [1.29, 1.82) is 0 Å². The van der Waals surface area contributed by atoms with Crippen LogP contribution < -0.4 is 26.5 Å². The third-order valence-electron chi connectivity index (χ3n) is 9.64. The summed E-state index contributed by atoms with van der Waals surface area (Å²) < 4.78 is 34.0. The maximum Gasteiger partial charge on any atom is 0.326 e. The van der Waals surface area contributed by atoms with E-state index in [0.29, 0.717) is 0 Å². The van der Waals surface area contributed by atoms with Crippen LogP contribution in [0.1, 0.15) is 122 Å². The number of nitrogens with two attached hydrogens (primary N) is 1. The van der Waals surface area contributed by atoms with Gasteiger partial charge in [0.25, 0.3) is 7.59 Å². The van der Waals surface area contributed by atoms with Gasteiger partial charge in [-0.3, -0.25) is 24.5 Å². The van der Waals surface area contributed by atoms with Crippen LogP contribution in [0.3, 0.4) is 0 Å². The zero-order valence-corrected chi connectivity index (χ0v) is 32.5. The van der Waals surface area contributed by atoms with Crippen LogP contribution in [0, 0.1) is 0 Å². The maximum atomic E-state index is 16.0. The van der Waals surface area contributed by atoms with Gasteiger partial charge in [-0.05, 0) is 122 Å². The molecule has 3 saturated heterocycles. The first-order valence-electron chi connectivity index (χ1n) is 16.5. The van der Waals surface area contributed by atoms with Gasteiger partial charge in [0.05, 0.1) is 21.3 Å². The average Bonchev–Trinajstić information content (AvgIpc) is 2.80. The lowest BCUT2D eigenvalue weighted by atomic mass is 9.65. The van der Waals surface area contributed by atoms with Gasteiger partial charge in [0, 0.05) is 33.2 Å². The van der Waals surface area contributed by atoms with Crippen molar-refractivity contribution in [2.45, 2.75) is 171 Å². The van der Waals surface area contributed by atoms with Crippen LogP contribution in [0.5, 0.6) is 0 Å². The predicted molar refractivity (Wildman–Crippen MR) is 183 cm³/mol. The van der Waals surface area contributed by atoms with E-state index >= 15 is 4.57 Å². The van der Waals surface area contributed by atoms with Crippen LogP contribution in [-0.2, 0) is 33.2 Å². The number of ether oxygens (including phenoxy) is 3. The summed E-state index contributed by atoms with van der Waals surface area (Å²) in [5.41, 5.74) is -1.84. The third kappa shape index (κ3) is 7.92. The number of hydrogen-bond donors (Lipinski definition) is 5. The van der Waals surface area contributed by atoms with Gasteiger partial charge < -0.3 is 30.2 Å². The van der Waals surface area contributed by atoms with Crippen LogP contribution >= 0.6 is 7.59 Å². The number of nitrogens with one attached hydrogen (secondary N) is 4. The second-order valence-corrected chi connectivity index (χ2v) is 20.3. The van der Waals surface area contributed by atoms with E-state index < -0.39 is 75.4 Å². The van der Waals surface area contributed by atoms with E-state index in [-0.39, 0.29) is 38.5 Å². The van der Waals surface area contributed by atoms with E-state index in [4.69, 9.17) is 19.7 Å². The van der Waals surface area contributed by atoms with E-state index in [2.05, 4.69) is 21.0 Å². The van der Waals surface area contributed by atoms with Gasteiger partial charge >= 0.3 is 17.9 Å². The van der Waals surface area contributed by atoms with Crippen molar-refractivity contribution in [1.82, 2.24) is 25.7 Å². The predicted octanol–water partition coefficient (Wildman–Crippen LogP) is 3.50. The summed E-state index contributed by atoms with van der Waals surface area (Å²) in [5.74, 6) is -1.99. The molecule has 6 N–H and O–H groups in total. The Kier molecular flexibility index (Phi) is 10.2. The molecule has 13 nitrogen and oxygen atoms in total. The summed E-state index contributed by atoms with van der Waals surface area (Å²) in [6, 6.07) is 0. The van der Waals surface area contributed by atoms with Crippen LogP contribution in [-0.4, -0.2) is 93.8 Å². The molecule has 0 saturated carbocycles. The molecule has 3 aliphatic heterocycles. The number of rotatable bonds is 8. The summed E-state index contributed by atoms with van der Waals surface area (Å²) in [5, 5.41) is 13.9. The van der Waals surface area contributed by atoms with Gasteiger partial charge in [-0.25, -0.2) is 5.09 Å². The normalized spacial score (nSPS) is 28.7. The van der Waals surface area contributed by atoms with Crippen molar-refractivity contribution in [2.75, 3.05) is 21.3 Å². The first kappa shape index (κ1) is 39.8. The molecule has 0 bridgehead atoms. The molecule has 0 aromatic rings. The van der Waals surface area contributed by atoms with Gasteiger partial charge in [-0.15, -0.1) is 0 Å². The SMILES string of the molecule is COC(=O)C1(NP(N)(=O)N(C2(C(=O)OC)CC(C)(C)NC(C)(C)C2)C2(C(=O)OC)CC(C)(C)NC(C)(C)C2)CC(C)(C)NC(C)(C)C1. The topological polar surface area (TPSA) is 173 Å². The largest absolute Gasteiger partial charge is 0.468 e. The molecule has 3 aliphatic rings. The minimum absolute atomic E-state index is 0.0930. The van der Waals surface area contributed by atoms with Gasteiger partial charge in [-0.1, -0.05) is 0 Å². The monoisotopic (exact) mass is 686 g/mol. The zero-order valence-electron chi connectivity index (χ0n) is 31.6. The van der Waals surface area contributed by atoms with Crippen molar-refractivity contribution in [2.24, 2.45) is 5.50 Å². The Morgan fingerprint density at radius 3 is 1.06 bits per heavy atom. The summed E-state index contributed by atoms with van der Waals surface area (Å²) in [6.07, 6.45) is 0.703. The highest BCUT2D eigenvalue weighted by atomic mass is 31.2. The molecule has 3 rings (SSSR count). The van der Waals surface area contributed by atoms with E-state index in [0.717, 1.165) is 0 Å². The lowest BCUT2D eigenvalue weighted by Crippen LogP contribution is -2.79. The second kappa shape index (κ2) is 12.0. The van der Waals surface area contributed by atoms with E-state index in [1.165, 1.54) is 26.0 Å². The van der Waals surface area contributed by atoms with E-state index in [1.807, 2.05) is 83.1 Å². The Morgan fingerprint density at radius 2 is 0.809 bits per heavy atom. The fourth-order valence-corrected chi connectivity index (χ4v) is 13.1. The minimum Gasteiger partial charge on any atom is -0.468 e. The minimum atomic E-state index is -4.65. The molecule has 0 aromatic carbocycles. The van der Waals surface area contributed by atoms with Crippen molar-refractivity contribution < 1.29 is 33.2 Å². The summed E-state index contributed by atoms with van der Waals surface area (Å²) in [7, 11) is -0.788. The molecule has 272 valence electrons.